The Morgan fingerprint density at radius 2 is 2.21 bits per heavy atom. The number of rotatable bonds is 3. The quantitative estimate of drug-likeness (QED) is 0.901. The van der Waals surface area contributed by atoms with E-state index in [2.05, 4.69) is 23.5 Å². The number of nitriles is 1. The third kappa shape index (κ3) is 2.11. The molecule has 0 aliphatic carbocycles. The highest BCUT2D eigenvalue weighted by Crippen LogP contribution is 2.38. The molecule has 2 aliphatic heterocycles. The van der Waals surface area contributed by atoms with Crippen molar-refractivity contribution in [2.24, 2.45) is 0 Å². The van der Waals surface area contributed by atoms with E-state index in [1.54, 1.807) is 0 Å². The molecule has 1 aromatic rings. The van der Waals surface area contributed by atoms with E-state index in [4.69, 9.17) is 10.00 Å². The summed E-state index contributed by atoms with van der Waals surface area (Å²) in [6.45, 7) is 1.39. The molecule has 1 N–H and O–H groups in total. The highest BCUT2D eigenvalue weighted by Gasteiger charge is 2.40. The molecule has 98 valence electrons. The van der Waals surface area contributed by atoms with E-state index in [-0.39, 0.29) is 11.3 Å². The number of amides is 1. The Kier molecular flexibility index (Phi) is 3.00. The molecule has 0 unspecified atom stereocenters. The maximum Gasteiger partial charge on any atom is 0.224 e. The first kappa shape index (κ1) is 12.2. The van der Waals surface area contributed by atoms with Crippen molar-refractivity contribution in [1.82, 2.24) is 0 Å². The van der Waals surface area contributed by atoms with E-state index in [0.29, 0.717) is 26.1 Å². The zero-order chi connectivity index (χ0) is 13.3. The van der Waals surface area contributed by atoms with Crippen molar-refractivity contribution in [2.75, 3.05) is 18.5 Å². The van der Waals surface area contributed by atoms with Crippen LogP contribution in [0.5, 0.6) is 0 Å². The minimum absolute atomic E-state index is 0.00617. The number of hydrogen-bond acceptors (Lipinski definition) is 3. The molecular formula is C15H16N2O2. The van der Waals surface area contributed by atoms with Gasteiger partial charge in [0.15, 0.2) is 0 Å². The second-order valence-corrected chi connectivity index (χ2v) is 5.35. The molecular weight excluding hydrogens is 240 g/mol. The van der Waals surface area contributed by atoms with Crippen LogP contribution >= 0.6 is 0 Å². The Hall–Kier alpha value is -1.86. The minimum atomic E-state index is 0.00617. The van der Waals surface area contributed by atoms with Gasteiger partial charge in [0.1, 0.15) is 0 Å². The second-order valence-electron chi connectivity index (χ2n) is 5.35. The minimum Gasteiger partial charge on any atom is -0.379 e. The lowest BCUT2D eigenvalue weighted by atomic mass is 9.74. The highest BCUT2D eigenvalue weighted by atomic mass is 16.5. The van der Waals surface area contributed by atoms with Gasteiger partial charge in [0.2, 0.25) is 5.91 Å². The number of fused-ring (bicyclic) bond motifs is 1. The van der Waals surface area contributed by atoms with Crippen LogP contribution in [-0.4, -0.2) is 19.1 Å². The van der Waals surface area contributed by atoms with Gasteiger partial charge in [-0.3, -0.25) is 4.79 Å². The fraction of sp³-hybridized carbons (Fsp3) is 0.467. The Labute approximate surface area is 112 Å². The molecule has 0 spiro atoms. The lowest BCUT2D eigenvalue weighted by molar-refractivity contribution is -0.116. The van der Waals surface area contributed by atoms with Crippen LogP contribution in [0.3, 0.4) is 0 Å². The predicted octanol–water partition coefficient (Wildman–Crippen LogP) is 2.14. The summed E-state index contributed by atoms with van der Waals surface area (Å²) in [5.74, 6) is 0.0893. The molecule has 3 rings (SSSR count). The zero-order valence-corrected chi connectivity index (χ0v) is 10.7. The zero-order valence-electron chi connectivity index (χ0n) is 10.7. The van der Waals surface area contributed by atoms with Gasteiger partial charge in [-0.1, -0.05) is 12.1 Å². The van der Waals surface area contributed by atoms with E-state index in [1.165, 1.54) is 11.1 Å². The average molecular weight is 256 g/mol. The van der Waals surface area contributed by atoms with Crippen LogP contribution in [0.1, 0.15) is 30.4 Å². The van der Waals surface area contributed by atoms with Gasteiger partial charge in [-0.25, -0.2) is 0 Å². The lowest BCUT2D eigenvalue weighted by Crippen LogP contribution is -2.46. The number of ether oxygens (including phenoxy) is 1. The first-order chi connectivity index (χ1) is 9.23. The number of anilines is 1. The van der Waals surface area contributed by atoms with Crippen LogP contribution in [0.4, 0.5) is 5.69 Å². The summed E-state index contributed by atoms with van der Waals surface area (Å²) in [5, 5.41) is 11.7. The van der Waals surface area contributed by atoms with E-state index in [1.807, 2.05) is 6.07 Å². The smallest absolute Gasteiger partial charge is 0.224 e. The topological polar surface area (TPSA) is 62.1 Å². The summed E-state index contributed by atoms with van der Waals surface area (Å²) >= 11 is 0. The van der Waals surface area contributed by atoms with Crippen molar-refractivity contribution in [1.29, 1.82) is 5.26 Å². The monoisotopic (exact) mass is 256 g/mol. The molecule has 0 saturated carbocycles. The number of carbonyl (C=O) groups is 1. The fourth-order valence-corrected chi connectivity index (χ4v) is 2.81. The van der Waals surface area contributed by atoms with Gasteiger partial charge in [-0.05, 0) is 30.0 Å². The standard InChI is InChI=1S/C15H16N2O2/c16-7-1-6-15(9-19-10-15)12-3-4-13-11(8-12)2-5-14(18)17-13/h3-4,8H,1-2,5-6,9-10H2,(H,17,18). The van der Waals surface area contributed by atoms with Crippen molar-refractivity contribution in [3.63, 3.8) is 0 Å². The van der Waals surface area contributed by atoms with Crippen LogP contribution < -0.4 is 5.32 Å². The molecule has 0 bridgehead atoms. The molecule has 1 amide bonds. The summed E-state index contributed by atoms with van der Waals surface area (Å²) in [5.41, 5.74) is 3.37. The number of nitrogens with one attached hydrogen (secondary N) is 1. The maximum atomic E-state index is 11.3. The third-order valence-electron chi connectivity index (χ3n) is 4.09. The number of carbonyl (C=O) groups excluding carboxylic acids is 1. The Morgan fingerprint density at radius 3 is 2.89 bits per heavy atom. The fourth-order valence-electron chi connectivity index (χ4n) is 2.81. The molecule has 4 nitrogen and oxygen atoms in total. The number of hydrogen-bond donors (Lipinski definition) is 1. The van der Waals surface area contributed by atoms with E-state index in [0.717, 1.165) is 18.5 Å². The van der Waals surface area contributed by atoms with Crippen molar-refractivity contribution in [2.45, 2.75) is 31.1 Å². The molecule has 1 aromatic carbocycles. The summed E-state index contributed by atoms with van der Waals surface area (Å²) in [6, 6.07) is 8.43. The lowest BCUT2D eigenvalue weighted by Gasteiger charge is -2.42. The molecule has 4 heteroatoms. The Balaban J connectivity index is 1.89. The number of benzene rings is 1. The molecule has 19 heavy (non-hydrogen) atoms. The molecule has 0 aromatic heterocycles. The second kappa shape index (κ2) is 4.67. The van der Waals surface area contributed by atoms with Crippen molar-refractivity contribution in [3.05, 3.63) is 29.3 Å². The van der Waals surface area contributed by atoms with E-state index >= 15 is 0 Å². The number of nitrogens with zero attached hydrogens (tertiary/aromatic N) is 1. The average Bonchev–Trinajstić information content (AvgIpc) is 2.37. The maximum absolute atomic E-state index is 11.3. The van der Waals surface area contributed by atoms with Gasteiger partial charge in [0, 0.05) is 23.9 Å². The first-order valence-electron chi connectivity index (χ1n) is 6.61. The van der Waals surface area contributed by atoms with Crippen LogP contribution in [0.2, 0.25) is 0 Å². The van der Waals surface area contributed by atoms with E-state index < -0.39 is 0 Å². The van der Waals surface area contributed by atoms with Crippen LogP contribution in [-0.2, 0) is 21.4 Å². The summed E-state index contributed by atoms with van der Waals surface area (Å²) in [6.07, 6.45) is 2.74. The summed E-state index contributed by atoms with van der Waals surface area (Å²) in [7, 11) is 0. The predicted molar refractivity (Wildman–Crippen MR) is 70.7 cm³/mol. The molecule has 1 saturated heterocycles. The van der Waals surface area contributed by atoms with Gasteiger partial charge >= 0.3 is 0 Å². The Morgan fingerprint density at radius 1 is 1.37 bits per heavy atom. The molecule has 0 atom stereocenters. The summed E-state index contributed by atoms with van der Waals surface area (Å²) < 4.78 is 5.37. The first-order valence-corrected chi connectivity index (χ1v) is 6.61. The molecule has 1 fully saturated rings. The van der Waals surface area contributed by atoms with Gasteiger partial charge in [0.25, 0.3) is 0 Å². The van der Waals surface area contributed by atoms with Gasteiger partial charge in [-0.2, -0.15) is 5.26 Å². The van der Waals surface area contributed by atoms with Gasteiger partial charge in [-0.15, -0.1) is 0 Å². The Bertz CT molecular complexity index is 556. The largest absolute Gasteiger partial charge is 0.379 e. The van der Waals surface area contributed by atoms with Crippen molar-refractivity contribution < 1.29 is 9.53 Å². The third-order valence-corrected chi connectivity index (χ3v) is 4.09. The normalized spacial score (nSPS) is 19.8. The number of aryl methyl sites for hydroxylation is 1. The van der Waals surface area contributed by atoms with Crippen LogP contribution in [0, 0.1) is 11.3 Å². The van der Waals surface area contributed by atoms with Crippen molar-refractivity contribution >= 4 is 11.6 Å². The van der Waals surface area contributed by atoms with Crippen molar-refractivity contribution in [3.8, 4) is 6.07 Å². The van der Waals surface area contributed by atoms with Crippen LogP contribution in [0.15, 0.2) is 18.2 Å². The van der Waals surface area contributed by atoms with Crippen LogP contribution in [0.25, 0.3) is 0 Å². The molecule has 2 aliphatic rings. The van der Waals surface area contributed by atoms with Gasteiger partial charge < -0.3 is 10.1 Å². The highest BCUT2D eigenvalue weighted by molar-refractivity contribution is 5.93. The van der Waals surface area contributed by atoms with E-state index in [9.17, 15) is 4.79 Å². The van der Waals surface area contributed by atoms with Gasteiger partial charge in [0.05, 0.1) is 19.3 Å². The molecule has 0 radical (unpaired) electrons. The summed E-state index contributed by atoms with van der Waals surface area (Å²) in [4.78, 5) is 11.3. The SMILES string of the molecule is N#CCCC1(c2ccc3c(c2)CCC(=O)N3)COC1. The molecule has 2 heterocycles.